The molecule has 0 unspecified atom stereocenters. The van der Waals surface area contributed by atoms with Gasteiger partial charge in [-0.15, -0.1) is 11.3 Å². The highest BCUT2D eigenvalue weighted by Crippen LogP contribution is 2.15. The first-order chi connectivity index (χ1) is 8.79. The quantitative estimate of drug-likeness (QED) is 0.602. The third-order valence-corrected chi connectivity index (χ3v) is 3.04. The predicted octanol–water partition coefficient (Wildman–Crippen LogP) is 1.25. The van der Waals surface area contributed by atoms with Crippen LogP contribution in [0.15, 0.2) is 11.4 Å². The number of amides is 1. The van der Waals surface area contributed by atoms with Crippen LogP contribution >= 0.6 is 11.3 Å². The van der Waals surface area contributed by atoms with Gasteiger partial charge >= 0.3 is 0 Å². The van der Waals surface area contributed by atoms with E-state index in [2.05, 4.69) is 17.2 Å². The fraction of sp³-hybridized carbons (Fsp3) is 0.462. The smallest absolute Gasteiger partial charge is 0.262 e. The van der Waals surface area contributed by atoms with Crippen LogP contribution in [-0.2, 0) is 4.74 Å². The van der Waals surface area contributed by atoms with E-state index in [-0.39, 0.29) is 12.5 Å². The van der Waals surface area contributed by atoms with Crippen molar-refractivity contribution >= 4 is 17.2 Å². The van der Waals surface area contributed by atoms with Gasteiger partial charge in [-0.1, -0.05) is 11.8 Å². The van der Waals surface area contributed by atoms with Crippen molar-refractivity contribution in [1.82, 2.24) is 5.32 Å². The third kappa shape index (κ3) is 4.88. The Bertz CT molecular complexity index is 431. The molecule has 0 saturated heterocycles. The summed E-state index contributed by atoms with van der Waals surface area (Å²) >= 11 is 1.35. The summed E-state index contributed by atoms with van der Waals surface area (Å²) in [5, 5.41) is 13.3. The van der Waals surface area contributed by atoms with Crippen molar-refractivity contribution in [2.45, 2.75) is 13.3 Å². The Morgan fingerprint density at radius 3 is 3.17 bits per heavy atom. The van der Waals surface area contributed by atoms with Gasteiger partial charge in [0.1, 0.15) is 11.5 Å². The standard InChI is InChI=1S/C13H17NO3S/c1-2-17-9-4-7-14-13(16)12-11(5-3-8-15)6-10-18-12/h6,10,15H,2,4,7-9H2,1H3,(H,14,16). The third-order valence-electron chi connectivity index (χ3n) is 2.13. The fourth-order valence-electron chi connectivity index (χ4n) is 1.32. The van der Waals surface area contributed by atoms with E-state index in [4.69, 9.17) is 9.84 Å². The second-order valence-corrected chi connectivity index (χ2v) is 4.35. The number of nitrogens with one attached hydrogen (secondary N) is 1. The van der Waals surface area contributed by atoms with E-state index in [1.165, 1.54) is 11.3 Å². The summed E-state index contributed by atoms with van der Waals surface area (Å²) in [5.41, 5.74) is 0.663. The average Bonchev–Trinajstić information content (AvgIpc) is 2.84. The first-order valence-corrected chi connectivity index (χ1v) is 6.70. The number of hydrogen-bond donors (Lipinski definition) is 2. The van der Waals surface area contributed by atoms with Crippen LogP contribution in [0.25, 0.3) is 0 Å². The van der Waals surface area contributed by atoms with Crippen molar-refractivity contribution in [2.75, 3.05) is 26.4 Å². The van der Waals surface area contributed by atoms with Gasteiger partial charge in [-0.05, 0) is 24.8 Å². The van der Waals surface area contributed by atoms with E-state index >= 15 is 0 Å². The van der Waals surface area contributed by atoms with Crippen molar-refractivity contribution in [3.63, 3.8) is 0 Å². The number of thiophene rings is 1. The predicted molar refractivity (Wildman–Crippen MR) is 71.7 cm³/mol. The zero-order valence-electron chi connectivity index (χ0n) is 10.4. The number of aliphatic hydroxyl groups is 1. The highest BCUT2D eigenvalue weighted by atomic mass is 32.1. The van der Waals surface area contributed by atoms with Crippen LogP contribution in [0.2, 0.25) is 0 Å². The number of ether oxygens (including phenoxy) is 1. The lowest BCUT2D eigenvalue weighted by Gasteiger charge is -2.04. The number of carbonyl (C=O) groups is 1. The molecule has 0 aromatic carbocycles. The van der Waals surface area contributed by atoms with E-state index in [1.54, 1.807) is 6.07 Å². The van der Waals surface area contributed by atoms with Crippen LogP contribution < -0.4 is 5.32 Å². The van der Waals surface area contributed by atoms with Crippen molar-refractivity contribution in [1.29, 1.82) is 0 Å². The van der Waals surface area contributed by atoms with Crippen LogP contribution in [0.3, 0.4) is 0 Å². The molecule has 0 fully saturated rings. The van der Waals surface area contributed by atoms with E-state index < -0.39 is 0 Å². The van der Waals surface area contributed by atoms with E-state index in [0.717, 1.165) is 6.42 Å². The molecule has 18 heavy (non-hydrogen) atoms. The molecule has 0 radical (unpaired) electrons. The molecule has 4 nitrogen and oxygen atoms in total. The molecular weight excluding hydrogens is 250 g/mol. The molecule has 1 aromatic rings. The van der Waals surface area contributed by atoms with Gasteiger partial charge in [0.2, 0.25) is 0 Å². The minimum Gasteiger partial charge on any atom is -0.384 e. The molecule has 0 bridgehead atoms. The number of carbonyl (C=O) groups excluding carboxylic acids is 1. The first kappa shape index (κ1) is 14.7. The molecule has 2 N–H and O–H groups in total. The second-order valence-electron chi connectivity index (χ2n) is 3.43. The maximum absolute atomic E-state index is 11.9. The maximum Gasteiger partial charge on any atom is 0.262 e. The average molecular weight is 267 g/mol. The van der Waals surface area contributed by atoms with Gasteiger partial charge in [0.15, 0.2) is 0 Å². The van der Waals surface area contributed by atoms with Crippen LogP contribution in [0.1, 0.15) is 28.6 Å². The van der Waals surface area contributed by atoms with Crippen molar-refractivity contribution < 1.29 is 14.6 Å². The Kier molecular flexibility index (Phi) is 7.11. The molecule has 1 rings (SSSR count). The van der Waals surface area contributed by atoms with Crippen LogP contribution in [0, 0.1) is 11.8 Å². The zero-order valence-corrected chi connectivity index (χ0v) is 11.2. The molecule has 0 spiro atoms. The molecular formula is C13H17NO3S. The van der Waals surface area contributed by atoms with Crippen LogP contribution in [0.5, 0.6) is 0 Å². The van der Waals surface area contributed by atoms with Gasteiger partial charge in [0, 0.05) is 25.3 Å². The summed E-state index contributed by atoms with van der Waals surface area (Å²) < 4.78 is 5.18. The van der Waals surface area contributed by atoms with Gasteiger partial charge in [0.05, 0.1) is 0 Å². The molecule has 98 valence electrons. The van der Waals surface area contributed by atoms with Gasteiger partial charge < -0.3 is 15.2 Å². The van der Waals surface area contributed by atoms with E-state index in [9.17, 15) is 4.79 Å². The van der Waals surface area contributed by atoms with Gasteiger partial charge in [0.25, 0.3) is 5.91 Å². The molecule has 1 aromatic heterocycles. The minimum atomic E-state index is -0.203. The fourth-order valence-corrected chi connectivity index (χ4v) is 2.08. The Morgan fingerprint density at radius 2 is 2.44 bits per heavy atom. The topological polar surface area (TPSA) is 58.6 Å². The van der Waals surface area contributed by atoms with Gasteiger partial charge in [-0.25, -0.2) is 0 Å². The van der Waals surface area contributed by atoms with Crippen LogP contribution in [-0.4, -0.2) is 37.4 Å². The number of rotatable bonds is 6. The lowest BCUT2D eigenvalue weighted by atomic mass is 10.2. The lowest BCUT2D eigenvalue weighted by molar-refractivity contribution is 0.0948. The lowest BCUT2D eigenvalue weighted by Crippen LogP contribution is -2.25. The summed E-state index contributed by atoms with van der Waals surface area (Å²) in [7, 11) is 0. The second kappa shape index (κ2) is 8.70. The molecule has 1 heterocycles. The molecule has 1 amide bonds. The van der Waals surface area contributed by atoms with Gasteiger partial charge in [-0.2, -0.15) is 0 Å². The SMILES string of the molecule is CCOCCCNC(=O)c1sccc1C#CCO. The Morgan fingerprint density at radius 1 is 1.61 bits per heavy atom. The highest BCUT2D eigenvalue weighted by molar-refractivity contribution is 7.12. The zero-order chi connectivity index (χ0) is 13.2. The van der Waals surface area contributed by atoms with Crippen LogP contribution in [0.4, 0.5) is 0 Å². The van der Waals surface area contributed by atoms with Crippen molar-refractivity contribution in [2.24, 2.45) is 0 Å². The molecule has 0 atom stereocenters. The summed E-state index contributed by atoms with van der Waals surface area (Å²) in [6.07, 6.45) is 0.794. The van der Waals surface area contributed by atoms with Crippen molar-refractivity contribution in [3.05, 3.63) is 21.9 Å². The summed E-state index contributed by atoms with van der Waals surface area (Å²) in [4.78, 5) is 12.4. The minimum absolute atomic E-state index is 0.122. The summed E-state index contributed by atoms with van der Waals surface area (Å²) in [6, 6.07) is 1.78. The van der Waals surface area contributed by atoms with Gasteiger partial charge in [-0.3, -0.25) is 4.79 Å². The largest absolute Gasteiger partial charge is 0.384 e. The molecule has 0 aliphatic carbocycles. The Hall–Kier alpha value is -1.35. The number of aliphatic hydroxyl groups excluding tert-OH is 1. The maximum atomic E-state index is 11.9. The first-order valence-electron chi connectivity index (χ1n) is 5.82. The Balaban J connectivity index is 2.44. The van der Waals surface area contributed by atoms with Crippen molar-refractivity contribution in [3.8, 4) is 11.8 Å². The highest BCUT2D eigenvalue weighted by Gasteiger charge is 2.10. The van der Waals surface area contributed by atoms with E-state index in [0.29, 0.717) is 30.2 Å². The summed E-state index contributed by atoms with van der Waals surface area (Å²) in [5.74, 6) is 5.18. The number of hydrogen-bond acceptors (Lipinski definition) is 4. The Labute approximate surface area is 111 Å². The molecule has 0 aliphatic heterocycles. The normalized spacial score (nSPS) is 9.67. The molecule has 0 saturated carbocycles. The monoisotopic (exact) mass is 267 g/mol. The summed E-state index contributed by atoms with van der Waals surface area (Å²) in [6.45, 7) is 3.67. The molecule has 0 aliphatic rings. The van der Waals surface area contributed by atoms with E-state index in [1.807, 2.05) is 12.3 Å². The molecule has 5 heteroatoms.